The molecular formula is C17H20N6O2S2. The second-order valence-corrected chi connectivity index (χ2v) is 8.61. The van der Waals surface area contributed by atoms with Gasteiger partial charge < -0.3 is 10.6 Å². The third-order valence-corrected chi connectivity index (χ3v) is 6.12. The van der Waals surface area contributed by atoms with Gasteiger partial charge in [-0.15, -0.1) is 11.3 Å². The van der Waals surface area contributed by atoms with Crippen molar-refractivity contribution in [2.75, 3.05) is 13.1 Å². The fourth-order valence-electron chi connectivity index (χ4n) is 3.14. The fourth-order valence-corrected chi connectivity index (χ4v) is 4.62. The highest BCUT2D eigenvalue weighted by molar-refractivity contribution is 7.16. The number of rotatable bonds is 6. The number of aromatic nitrogens is 3. The zero-order chi connectivity index (χ0) is 18.8. The minimum Gasteiger partial charge on any atom is -0.353 e. The third kappa shape index (κ3) is 4.18. The Morgan fingerprint density at radius 3 is 3.15 bits per heavy atom. The summed E-state index contributed by atoms with van der Waals surface area (Å²) in [6.07, 6.45) is 1.95. The SMILES string of the molecule is Cc1nn2cc(CNC(=O)CC3C(=O)NCCN3Cc3cccs3)nc2s1. The molecule has 1 saturated heterocycles. The lowest BCUT2D eigenvalue weighted by atomic mass is 10.1. The lowest BCUT2D eigenvalue weighted by molar-refractivity contribution is -0.134. The zero-order valence-corrected chi connectivity index (χ0v) is 16.5. The van der Waals surface area contributed by atoms with Crippen LogP contribution in [0.4, 0.5) is 0 Å². The third-order valence-electron chi connectivity index (χ3n) is 4.42. The lowest BCUT2D eigenvalue weighted by Gasteiger charge is -2.34. The molecular weight excluding hydrogens is 384 g/mol. The Morgan fingerprint density at radius 2 is 2.37 bits per heavy atom. The number of hydrogen-bond donors (Lipinski definition) is 2. The Labute approximate surface area is 164 Å². The fraction of sp³-hybridized carbons (Fsp3) is 0.412. The summed E-state index contributed by atoms with van der Waals surface area (Å²) < 4.78 is 1.72. The van der Waals surface area contributed by atoms with Gasteiger partial charge in [-0.1, -0.05) is 17.4 Å². The van der Waals surface area contributed by atoms with Crippen molar-refractivity contribution in [3.8, 4) is 0 Å². The zero-order valence-electron chi connectivity index (χ0n) is 14.8. The average molecular weight is 405 g/mol. The molecule has 3 aromatic rings. The van der Waals surface area contributed by atoms with Crippen LogP contribution in [0.1, 0.15) is 22.0 Å². The topological polar surface area (TPSA) is 91.6 Å². The normalized spacial score (nSPS) is 18.0. The number of thiophene rings is 1. The molecule has 0 radical (unpaired) electrons. The molecule has 10 heteroatoms. The molecule has 2 N–H and O–H groups in total. The molecule has 4 heterocycles. The van der Waals surface area contributed by atoms with Crippen LogP contribution in [-0.4, -0.2) is 50.4 Å². The quantitative estimate of drug-likeness (QED) is 0.644. The second-order valence-electron chi connectivity index (χ2n) is 6.42. The predicted molar refractivity (Wildman–Crippen MR) is 104 cm³/mol. The van der Waals surface area contributed by atoms with Crippen LogP contribution >= 0.6 is 22.7 Å². The van der Waals surface area contributed by atoms with E-state index in [4.69, 9.17) is 0 Å². The van der Waals surface area contributed by atoms with E-state index >= 15 is 0 Å². The highest BCUT2D eigenvalue weighted by Crippen LogP contribution is 2.17. The molecule has 0 saturated carbocycles. The molecule has 1 unspecified atom stereocenters. The van der Waals surface area contributed by atoms with Crippen LogP contribution in [0.3, 0.4) is 0 Å². The molecule has 27 heavy (non-hydrogen) atoms. The first kappa shape index (κ1) is 18.1. The van der Waals surface area contributed by atoms with Crippen molar-refractivity contribution in [1.82, 2.24) is 30.1 Å². The second kappa shape index (κ2) is 7.75. The number of aryl methyl sites for hydroxylation is 1. The van der Waals surface area contributed by atoms with Gasteiger partial charge in [0.15, 0.2) is 0 Å². The van der Waals surface area contributed by atoms with Crippen LogP contribution in [0.25, 0.3) is 4.96 Å². The molecule has 0 bridgehead atoms. The van der Waals surface area contributed by atoms with Gasteiger partial charge in [-0.25, -0.2) is 9.50 Å². The first-order valence-electron chi connectivity index (χ1n) is 8.71. The number of amides is 2. The Morgan fingerprint density at radius 1 is 1.48 bits per heavy atom. The molecule has 2 amide bonds. The van der Waals surface area contributed by atoms with E-state index in [9.17, 15) is 9.59 Å². The maximum Gasteiger partial charge on any atom is 0.237 e. The standard InChI is InChI=1S/C17H20N6O2S2/c1-11-21-23-9-12(20-17(23)27-11)8-19-15(24)7-14-16(25)18-4-5-22(14)10-13-3-2-6-26-13/h2-3,6,9,14H,4-5,7-8,10H2,1H3,(H,18,25)(H,19,24). The van der Waals surface area contributed by atoms with Crippen LogP contribution in [0.15, 0.2) is 23.7 Å². The Hall–Kier alpha value is -2.30. The monoisotopic (exact) mass is 404 g/mol. The van der Waals surface area contributed by atoms with Gasteiger partial charge in [0.05, 0.1) is 30.9 Å². The smallest absolute Gasteiger partial charge is 0.237 e. The molecule has 142 valence electrons. The number of imidazole rings is 1. The summed E-state index contributed by atoms with van der Waals surface area (Å²) in [7, 11) is 0. The van der Waals surface area contributed by atoms with E-state index in [1.807, 2.05) is 24.6 Å². The van der Waals surface area contributed by atoms with E-state index in [0.717, 1.165) is 22.2 Å². The number of hydrogen-bond acceptors (Lipinski definition) is 7. The van der Waals surface area contributed by atoms with Gasteiger partial charge in [-0.2, -0.15) is 5.10 Å². The lowest BCUT2D eigenvalue weighted by Crippen LogP contribution is -2.56. The Balaban J connectivity index is 1.35. The van der Waals surface area contributed by atoms with Gasteiger partial charge in [0.2, 0.25) is 16.8 Å². The van der Waals surface area contributed by atoms with Crippen LogP contribution in [0, 0.1) is 6.92 Å². The van der Waals surface area contributed by atoms with E-state index < -0.39 is 6.04 Å². The van der Waals surface area contributed by atoms with Crippen molar-refractivity contribution >= 4 is 39.4 Å². The predicted octanol–water partition coefficient (Wildman–Crippen LogP) is 1.17. The first-order chi connectivity index (χ1) is 13.1. The van der Waals surface area contributed by atoms with E-state index in [0.29, 0.717) is 19.6 Å². The summed E-state index contributed by atoms with van der Waals surface area (Å²) in [5.41, 5.74) is 0.755. The van der Waals surface area contributed by atoms with Crippen molar-refractivity contribution in [1.29, 1.82) is 0 Å². The Bertz CT molecular complexity index is 917. The number of carbonyl (C=O) groups excluding carboxylic acids is 2. The summed E-state index contributed by atoms with van der Waals surface area (Å²) in [6.45, 7) is 4.29. The molecule has 4 rings (SSSR count). The Kier molecular flexibility index (Phi) is 5.19. The van der Waals surface area contributed by atoms with E-state index in [-0.39, 0.29) is 18.2 Å². The molecule has 1 atom stereocenters. The molecule has 0 aromatic carbocycles. The number of carbonyl (C=O) groups is 2. The van der Waals surface area contributed by atoms with E-state index in [1.165, 1.54) is 16.2 Å². The van der Waals surface area contributed by atoms with Gasteiger partial charge in [0.1, 0.15) is 5.01 Å². The molecule has 8 nitrogen and oxygen atoms in total. The van der Waals surface area contributed by atoms with Crippen molar-refractivity contribution in [3.63, 3.8) is 0 Å². The summed E-state index contributed by atoms with van der Waals surface area (Å²) in [6, 6.07) is 3.60. The highest BCUT2D eigenvalue weighted by Gasteiger charge is 2.31. The van der Waals surface area contributed by atoms with Crippen molar-refractivity contribution in [2.45, 2.75) is 32.5 Å². The number of piperazine rings is 1. The van der Waals surface area contributed by atoms with Gasteiger partial charge >= 0.3 is 0 Å². The van der Waals surface area contributed by atoms with Crippen molar-refractivity contribution in [2.24, 2.45) is 0 Å². The minimum atomic E-state index is -0.448. The maximum absolute atomic E-state index is 12.4. The summed E-state index contributed by atoms with van der Waals surface area (Å²) in [5.74, 6) is -0.246. The van der Waals surface area contributed by atoms with Crippen LogP contribution in [-0.2, 0) is 22.7 Å². The molecule has 0 spiro atoms. The van der Waals surface area contributed by atoms with E-state index in [1.54, 1.807) is 15.9 Å². The van der Waals surface area contributed by atoms with Crippen molar-refractivity contribution in [3.05, 3.63) is 39.3 Å². The van der Waals surface area contributed by atoms with Gasteiger partial charge in [0, 0.05) is 24.5 Å². The van der Waals surface area contributed by atoms with Crippen LogP contribution < -0.4 is 10.6 Å². The maximum atomic E-state index is 12.4. The summed E-state index contributed by atoms with van der Waals surface area (Å²) in [4.78, 5) is 33.3. The number of fused-ring (bicyclic) bond motifs is 1. The first-order valence-corrected chi connectivity index (χ1v) is 10.4. The number of nitrogens with zero attached hydrogens (tertiary/aromatic N) is 4. The van der Waals surface area contributed by atoms with Crippen LogP contribution in [0.2, 0.25) is 0 Å². The van der Waals surface area contributed by atoms with Crippen LogP contribution in [0.5, 0.6) is 0 Å². The van der Waals surface area contributed by atoms with Gasteiger partial charge in [-0.3, -0.25) is 14.5 Å². The molecule has 1 fully saturated rings. The molecule has 0 aliphatic carbocycles. The summed E-state index contributed by atoms with van der Waals surface area (Å²) in [5, 5.41) is 13.0. The van der Waals surface area contributed by atoms with Gasteiger partial charge in [-0.05, 0) is 18.4 Å². The molecule has 1 aliphatic rings. The number of nitrogens with one attached hydrogen (secondary N) is 2. The molecule has 1 aliphatic heterocycles. The largest absolute Gasteiger partial charge is 0.353 e. The van der Waals surface area contributed by atoms with E-state index in [2.05, 4.69) is 31.7 Å². The summed E-state index contributed by atoms with van der Waals surface area (Å²) >= 11 is 3.17. The highest BCUT2D eigenvalue weighted by atomic mass is 32.1. The minimum absolute atomic E-state index is 0.0878. The molecule has 3 aromatic heterocycles. The average Bonchev–Trinajstić information content (AvgIpc) is 3.33. The van der Waals surface area contributed by atoms with Crippen molar-refractivity contribution < 1.29 is 9.59 Å². The van der Waals surface area contributed by atoms with Gasteiger partial charge in [0.25, 0.3) is 0 Å².